The smallest absolute Gasteiger partial charge is 0.220 e. The molecule has 4 heteroatoms. The van der Waals surface area contributed by atoms with E-state index in [1.54, 1.807) is 6.08 Å². The number of carbonyl (C=O) groups excluding carboxylic acids is 1. The van der Waals surface area contributed by atoms with Crippen molar-refractivity contribution in [3.8, 4) is 0 Å². The molecule has 0 heterocycles. The lowest BCUT2D eigenvalue weighted by molar-refractivity contribution is -0.123. The van der Waals surface area contributed by atoms with E-state index < -0.39 is 12.1 Å². The molecule has 0 aliphatic carbocycles. The maximum atomic E-state index is 12.5. The van der Waals surface area contributed by atoms with Crippen LogP contribution in [0.1, 0.15) is 296 Å². The highest BCUT2D eigenvalue weighted by molar-refractivity contribution is 5.76. The summed E-state index contributed by atoms with van der Waals surface area (Å²) in [4.78, 5) is 12.5. The molecule has 1 amide bonds. The van der Waals surface area contributed by atoms with Crippen molar-refractivity contribution in [1.82, 2.24) is 5.32 Å². The number of rotatable bonds is 57. The fourth-order valence-corrected chi connectivity index (χ4v) is 9.15. The first-order chi connectivity index (χ1) is 36.7. The van der Waals surface area contributed by atoms with Gasteiger partial charge in [0.05, 0.1) is 18.8 Å². The summed E-state index contributed by atoms with van der Waals surface area (Å²) in [7, 11) is 0. The van der Waals surface area contributed by atoms with Gasteiger partial charge < -0.3 is 15.5 Å². The molecule has 0 aromatic heterocycles. The van der Waals surface area contributed by atoms with E-state index >= 15 is 0 Å². The Kier molecular flexibility index (Phi) is 61.3. The number of aliphatic hydroxyl groups is 2. The molecule has 424 valence electrons. The number of hydrogen-bond acceptors (Lipinski definition) is 3. The number of nitrogens with one attached hydrogen (secondary N) is 1. The van der Waals surface area contributed by atoms with Crippen molar-refractivity contribution >= 4 is 5.91 Å². The van der Waals surface area contributed by atoms with Gasteiger partial charge in [0.2, 0.25) is 5.91 Å². The zero-order valence-electron chi connectivity index (χ0n) is 48.8. The van der Waals surface area contributed by atoms with Gasteiger partial charge in [0.1, 0.15) is 0 Å². The highest BCUT2D eigenvalue weighted by Gasteiger charge is 2.18. The normalized spacial score (nSPS) is 13.6. The highest BCUT2D eigenvalue weighted by Crippen LogP contribution is 2.16. The SMILES string of the molecule is CC/C=C\C/C=C\C/C=C\C/C=C\C/C=C\C/C=C\C/C=C\C/C=C\CCCCCCCCCCCCCCCCC(=O)NC(CO)C(O)/C=C/CC/C=C/CCCCCCCCCCCCCCCCCCC. The van der Waals surface area contributed by atoms with Crippen LogP contribution in [0, 0.1) is 0 Å². The third-order valence-corrected chi connectivity index (χ3v) is 13.9. The van der Waals surface area contributed by atoms with Crippen molar-refractivity contribution in [3.63, 3.8) is 0 Å². The van der Waals surface area contributed by atoms with E-state index in [9.17, 15) is 15.0 Å². The standard InChI is InChI=1S/C70H121NO3/c1-3-5-7-9-11-13-15-17-19-21-23-25-27-28-29-30-31-32-33-34-35-36-37-38-39-40-41-42-44-46-48-50-52-54-56-58-60-62-64-66-70(74)71-68(67-72)69(73)65-63-61-59-57-55-53-51-49-47-45-43-26-24-22-20-18-16-14-12-10-8-6-4-2/h5,7,11,13,17,19,23,25,28-29,31-32,34-35,37-38,55,57,63,65,68-69,72-73H,3-4,6,8-10,12,14-16,18,20-22,24,26-27,30,33,36,39-54,56,58-62,64,66-67H2,1-2H3,(H,71,74)/b7-5-,13-11-,19-17-,25-23-,29-28-,32-31-,35-34-,38-37-,57-55+,65-63+. The van der Waals surface area contributed by atoms with Crippen molar-refractivity contribution in [1.29, 1.82) is 0 Å². The number of hydrogen-bond donors (Lipinski definition) is 3. The molecule has 0 radical (unpaired) electrons. The summed E-state index contributed by atoms with van der Waals surface area (Å²) in [5.41, 5.74) is 0. The molecular weight excluding hydrogens is 903 g/mol. The third-order valence-electron chi connectivity index (χ3n) is 13.9. The molecule has 0 saturated heterocycles. The van der Waals surface area contributed by atoms with Gasteiger partial charge in [-0.2, -0.15) is 0 Å². The van der Waals surface area contributed by atoms with Crippen LogP contribution in [0.25, 0.3) is 0 Å². The minimum Gasteiger partial charge on any atom is -0.394 e. The Bertz CT molecular complexity index is 1440. The molecule has 0 aromatic rings. The van der Waals surface area contributed by atoms with Crippen LogP contribution in [0.4, 0.5) is 0 Å². The third kappa shape index (κ3) is 59.7. The molecule has 0 saturated carbocycles. The summed E-state index contributed by atoms with van der Waals surface area (Å²) in [5.74, 6) is -0.0760. The summed E-state index contributed by atoms with van der Waals surface area (Å²) in [6, 6.07) is -0.647. The Hall–Kier alpha value is -3.21. The molecule has 0 aliphatic heterocycles. The molecule has 0 aromatic carbocycles. The molecule has 2 atom stereocenters. The lowest BCUT2D eigenvalue weighted by atomic mass is 10.0. The summed E-state index contributed by atoms with van der Waals surface area (Å²) in [6.07, 6.45) is 98.1. The van der Waals surface area contributed by atoms with Crippen molar-refractivity contribution in [2.24, 2.45) is 0 Å². The van der Waals surface area contributed by atoms with Gasteiger partial charge in [-0.25, -0.2) is 0 Å². The van der Waals surface area contributed by atoms with Gasteiger partial charge in [0.25, 0.3) is 0 Å². The van der Waals surface area contributed by atoms with Crippen LogP contribution in [-0.4, -0.2) is 34.9 Å². The second-order valence-corrected chi connectivity index (χ2v) is 21.1. The Balaban J connectivity index is 3.56. The van der Waals surface area contributed by atoms with E-state index in [2.05, 4.69) is 129 Å². The zero-order chi connectivity index (χ0) is 53.4. The van der Waals surface area contributed by atoms with Gasteiger partial charge >= 0.3 is 0 Å². The van der Waals surface area contributed by atoms with Gasteiger partial charge in [0.15, 0.2) is 0 Å². The molecule has 0 fully saturated rings. The lowest BCUT2D eigenvalue weighted by Crippen LogP contribution is -2.45. The molecule has 4 nitrogen and oxygen atoms in total. The largest absolute Gasteiger partial charge is 0.394 e. The quantitative estimate of drug-likeness (QED) is 0.0420. The van der Waals surface area contributed by atoms with Crippen molar-refractivity contribution in [2.45, 2.75) is 309 Å². The molecule has 0 aliphatic rings. The molecule has 0 bridgehead atoms. The van der Waals surface area contributed by atoms with Gasteiger partial charge in [-0.05, 0) is 96.3 Å². The molecule has 0 spiro atoms. The number of aliphatic hydroxyl groups excluding tert-OH is 2. The average molecular weight is 1020 g/mol. The molecule has 2 unspecified atom stereocenters. The van der Waals surface area contributed by atoms with Crippen LogP contribution in [-0.2, 0) is 4.79 Å². The fourth-order valence-electron chi connectivity index (χ4n) is 9.15. The second kappa shape index (κ2) is 64.1. The van der Waals surface area contributed by atoms with E-state index in [4.69, 9.17) is 0 Å². The molecular formula is C70H121NO3. The maximum Gasteiger partial charge on any atom is 0.220 e. The monoisotopic (exact) mass is 1020 g/mol. The Morgan fingerprint density at radius 2 is 0.608 bits per heavy atom. The predicted molar refractivity (Wildman–Crippen MR) is 331 cm³/mol. The first-order valence-corrected chi connectivity index (χ1v) is 31.7. The second-order valence-electron chi connectivity index (χ2n) is 21.1. The van der Waals surface area contributed by atoms with E-state index in [0.29, 0.717) is 6.42 Å². The minimum absolute atomic E-state index is 0.0760. The van der Waals surface area contributed by atoms with Gasteiger partial charge in [-0.1, -0.05) is 315 Å². The van der Waals surface area contributed by atoms with E-state index in [1.807, 2.05) is 6.08 Å². The maximum absolute atomic E-state index is 12.5. The van der Waals surface area contributed by atoms with Crippen molar-refractivity contribution in [2.75, 3.05) is 6.61 Å². The van der Waals surface area contributed by atoms with Gasteiger partial charge in [-0.3, -0.25) is 4.79 Å². The lowest BCUT2D eigenvalue weighted by Gasteiger charge is -2.19. The Morgan fingerprint density at radius 1 is 0.338 bits per heavy atom. The fraction of sp³-hybridized carbons (Fsp3) is 0.700. The number of allylic oxidation sites excluding steroid dienone is 19. The van der Waals surface area contributed by atoms with E-state index in [0.717, 1.165) is 83.5 Å². The van der Waals surface area contributed by atoms with Crippen molar-refractivity contribution in [3.05, 3.63) is 122 Å². The van der Waals surface area contributed by atoms with Crippen LogP contribution in [0.15, 0.2) is 122 Å². The summed E-state index contributed by atoms with van der Waals surface area (Å²) >= 11 is 0. The number of carbonyl (C=O) groups is 1. The topological polar surface area (TPSA) is 69.6 Å². The zero-order valence-corrected chi connectivity index (χ0v) is 48.8. The highest BCUT2D eigenvalue weighted by atomic mass is 16.3. The van der Waals surface area contributed by atoms with Crippen LogP contribution in [0.3, 0.4) is 0 Å². The molecule has 3 N–H and O–H groups in total. The predicted octanol–water partition coefficient (Wildman–Crippen LogP) is 21.6. The Labute approximate surface area is 460 Å². The average Bonchev–Trinajstić information content (AvgIpc) is 3.40. The number of amides is 1. The van der Waals surface area contributed by atoms with Crippen molar-refractivity contribution < 1.29 is 15.0 Å². The first kappa shape index (κ1) is 70.8. The summed E-state index contributed by atoms with van der Waals surface area (Å²) in [5, 5.41) is 23.2. The first-order valence-electron chi connectivity index (χ1n) is 31.7. The van der Waals surface area contributed by atoms with Crippen LogP contribution >= 0.6 is 0 Å². The van der Waals surface area contributed by atoms with Crippen LogP contribution in [0.5, 0.6) is 0 Å². The van der Waals surface area contributed by atoms with Crippen LogP contribution < -0.4 is 5.32 Å². The Morgan fingerprint density at radius 3 is 0.946 bits per heavy atom. The van der Waals surface area contributed by atoms with Gasteiger partial charge in [-0.15, -0.1) is 0 Å². The number of unbranched alkanes of at least 4 members (excludes halogenated alkanes) is 32. The minimum atomic E-state index is -0.870. The van der Waals surface area contributed by atoms with E-state index in [1.165, 1.54) is 193 Å². The van der Waals surface area contributed by atoms with E-state index in [-0.39, 0.29) is 12.5 Å². The van der Waals surface area contributed by atoms with Gasteiger partial charge in [0, 0.05) is 6.42 Å². The molecule has 74 heavy (non-hydrogen) atoms. The summed E-state index contributed by atoms with van der Waals surface area (Å²) in [6.45, 7) is 4.20. The summed E-state index contributed by atoms with van der Waals surface area (Å²) < 4.78 is 0. The van der Waals surface area contributed by atoms with Crippen LogP contribution in [0.2, 0.25) is 0 Å². The molecule has 0 rings (SSSR count).